The van der Waals surface area contributed by atoms with Crippen LogP contribution in [-0.4, -0.2) is 26.1 Å². The molecule has 1 aliphatic heterocycles. The van der Waals surface area contributed by atoms with Gasteiger partial charge in [0.15, 0.2) is 9.84 Å². The topological polar surface area (TPSA) is 57.9 Å². The number of nitrogens with zero attached hydrogens (tertiary/aromatic N) is 1. The van der Waals surface area contributed by atoms with Gasteiger partial charge in [-0.1, -0.05) is 0 Å². The van der Waals surface area contributed by atoms with Gasteiger partial charge in [-0.3, -0.25) is 0 Å². The van der Waals surface area contributed by atoms with E-state index in [4.69, 9.17) is 5.26 Å². The van der Waals surface area contributed by atoms with Crippen LogP contribution in [0.4, 0.5) is 4.39 Å². The third-order valence-electron chi connectivity index (χ3n) is 1.76. The van der Waals surface area contributed by atoms with Crippen molar-refractivity contribution in [3.63, 3.8) is 0 Å². The first-order chi connectivity index (χ1) is 5.05. The van der Waals surface area contributed by atoms with E-state index in [9.17, 15) is 12.8 Å². The van der Waals surface area contributed by atoms with Crippen LogP contribution in [0.25, 0.3) is 0 Å². The summed E-state index contributed by atoms with van der Waals surface area (Å²) >= 11 is 0. The maximum absolute atomic E-state index is 12.7. The second-order valence-electron chi connectivity index (χ2n) is 2.65. The predicted octanol–water partition coefficient (Wildman–Crippen LogP) is 0.283. The number of sulfone groups is 1. The Kier molecular flexibility index (Phi) is 2.14. The van der Waals surface area contributed by atoms with Crippen molar-refractivity contribution in [2.75, 3.05) is 11.5 Å². The largest absolute Gasteiger partial charge is 0.245 e. The summed E-state index contributed by atoms with van der Waals surface area (Å²) in [5.41, 5.74) is 0. The van der Waals surface area contributed by atoms with Crippen LogP contribution >= 0.6 is 0 Å². The molecule has 3 nitrogen and oxygen atoms in total. The molecule has 1 aliphatic rings. The second-order valence-corrected chi connectivity index (χ2v) is 4.88. The average Bonchev–Trinajstić information content (AvgIpc) is 1.86. The molecule has 0 aliphatic carbocycles. The van der Waals surface area contributed by atoms with Crippen LogP contribution in [0.1, 0.15) is 6.42 Å². The summed E-state index contributed by atoms with van der Waals surface area (Å²) < 4.78 is 34.3. The molecule has 0 N–H and O–H groups in total. The third-order valence-corrected chi connectivity index (χ3v) is 3.44. The van der Waals surface area contributed by atoms with Crippen molar-refractivity contribution in [1.82, 2.24) is 0 Å². The lowest BCUT2D eigenvalue weighted by Crippen LogP contribution is -2.33. The molecule has 0 radical (unpaired) electrons. The smallest absolute Gasteiger partial charge is 0.153 e. The van der Waals surface area contributed by atoms with Gasteiger partial charge in [0.2, 0.25) is 0 Å². The second kappa shape index (κ2) is 2.78. The number of rotatable bonds is 0. The van der Waals surface area contributed by atoms with Gasteiger partial charge >= 0.3 is 0 Å². The van der Waals surface area contributed by atoms with Crippen molar-refractivity contribution in [3.8, 4) is 6.07 Å². The maximum Gasteiger partial charge on any atom is 0.153 e. The Morgan fingerprint density at radius 1 is 1.55 bits per heavy atom. The molecule has 1 heterocycles. The predicted molar refractivity (Wildman–Crippen MR) is 37.3 cm³/mol. The van der Waals surface area contributed by atoms with Crippen molar-refractivity contribution in [1.29, 1.82) is 5.26 Å². The highest BCUT2D eigenvalue weighted by atomic mass is 32.2. The zero-order valence-electron chi connectivity index (χ0n) is 5.83. The minimum absolute atomic E-state index is 0.0500. The lowest BCUT2D eigenvalue weighted by molar-refractivity contribution is 0.280. The van der Waals surface area contributed by atoms with E-state index < -0.39 is 27.7 Å². The Labute approximate surface area is 64.7 Å². The highest BCUT2D eigenvalue weighted by Gasteiger charge is 2.32. The minimum atomic E-state index is -3.20. The Bertz CT molecular complexity index is 279. The molecule has 5 heteroatoms. The van der Waals surface area contributed by atoms with Crippen molar-refractivity contribution in [3.05, 3.63) is 0 Å². The van der Waals surface area contributed by atoms with E-state index in [-0.39, 0.29) is 12.2 Å². The molecule has 0 aromatic carbocycles. The van der Waals surface area contributed by atoms with E-state index in [1.165, 1.54) is 0 Å². The van der Waals surface area contributed by atoms with Crippen LogP contribution < -0.4 is 0 Å². The number of nitriles is 1. The summed E-state index contributed by atoms with van der Waals surface area (Å²) in [6, 6.07) is 1.75. The van der Waals surface area contributed by atoms with E-state index in [1.54, 1.807) is 6.07 Å². The van der Waals surface area contributed by atoms with Gasteiger partial charge in [0.25, 0.3) is 0 Å². The minimum Gasteiger partial charge on any atom is -0.245 e. The zero-order chi connectivity index (χ0) is 8.48. The molecule has 0 unspecified atom stereocenters. The lowest BCUT2D eigenvalue weighted by Gasteiger charge is -2.19. The van der Waals surface area contributed by atoms with Gasteiger partial charge in [-0.25, -0.2) is 12.8 Å². The molecule has 2 atom stereocenters. The van der Waals surface area contributed by atoms with Gasteiger partial charge in [0.05, 0.1) is 23.5 Å². The van der Waals surface area contributed by atoms with Crippen molar-refractivity contribution in [2.24, 2.45) is 5.92 Å². The Morgan fingerprint density at radius 3 is 2.64 bits per heavy atom. The molecule has 0 aromatic rings. The highest BCUT2D eigenvalue weighted by Crippen LogP contribution is 2.20. The quantitative estimate of drug-likeness (QED) is 0.534. The molecule has 11 heavy (non-hydrogen) atoms. The summed E-state index contributed by atoms with van der Waals surface area (Å²) in [4.78, 5) is 0. The van der Waals surface area contributed by atoms with Crippen LogP contribution in [0.15, 0.2) is 0 Å². The number of hydrogen-bond acceptors (Lipinski definition) is 3. The van der Waals surface area contributed by atoms with Crippen LogP contribution in [0, 0.1) is 17.2 Å². The molecular weight excluding hydrogens is 169 g/mol. The van der Waals surface area contributed by atoms with Crippen molar-refractivity contribution in [2.45, 2.75) is 12.6 Å². The molecule has 1 fully saturated rings. The van der Waals surface area contributed by atoms with Crippen LogP contribution in [0.3, 0.4) is 0 Å². The van der Waals surface area contributed by atoms with Gasteiger partial charge < -0.3 is 0 Å². The highest BCUT2D eigenvalue weighted by molar-refractivity contribution is 7.91. The van der Waals surface area contributed by atoms with Crippen LogP contribution in [-0.2, 0) is 9.84 Å². The SMILES string of the molecule is N#C[C@@H]1CCS(=O)(=O)C[C@H]1F. The first kappa shape index (κ1) is 8.47. The fraction of sp³-hybridized carbons (Fsp3) is 0.833. The summed E-state index contributed by atoms with van der Waals surface area (Å²) in [6.45, 7) is 0. The van der Waals surface area contributed by atoms with Crippen molar-refractivity contribution < 1.29 is 12.8 Å². The van der Waals surface area contributed by atoms with Gasteiger partial charge in [-0.05, 0) is 6.42 Å². The lowest BCUT2D eigenvalue weighted by atomic mass is 10.0. The Hall–Kier alpha value is -0.630. The Balaban J connectivity index is 2.71. The van der Waals surface area contributed by atoms with E-state index in [1.807, 2.05) is 0 Å². The van der Waals surface area contributed by atoms with E-state index in [0.29, 0.717) is 0 Å². The molecule has 0 bridgehead atoms. The van der Waals surface area contributed by atoms with Gasteiger partial charge in [-0.2, -0.15) is 5.26 Å². The first-order valence-corrected chi connectivity index (χ1v) is 5.11. The maximum atomic E-state index is 12.7. The van der Waals surface area contributed by atoms with Gasteiger partial charge in [0.1, 0.15) is 6.17 Å². The number of alkyl halides is 1. The summed E-state index contributed by atoms with van der Waals surface area (Å²) in [7, 11) is -3.20. The molecule has 0 saturated carbocycles. The fourth-order valence-electron chi connectivity index (χ4n) is 1.07. The van der Waals surface area contributed by atoms with Gasteiger partial charge in [-0.15, -0.1) is 0 Å². The molecular formula is C6H8FNO2S. The van der Waals surface area contributed by atoms with E-state index in [0.717, 1.165) is 0 Å². The van der Waals surface area contributed by atoms with Crippen molar-refractivity contribution >= 4 is 9.84 Å². The number of halogens is 1. The normalized spacial score (nSPS) is 36.0. The standard InChI is InChI=1S/C6H8FNO2S/c7-6-4-11(9,10)2-1-5(6)3-8/h5-6H,1-2,4H2/t5-,6+/m0/s1. The summed E-state index contributed by atoms with van der Waals surface area (Å²) in [6.07, 6.45) is -1.35. The van der Waals surface area contributed by atoms with Crippen LogP contribution in [0.2, 0.25) is 0 Å². The average molecular weight is 177 g/mol. The van der Waals surface area contributed by atoms with E-state index in [2.05, 4.69) is 0 Å². The fourth-order valence-corrected chi connectivity index (χ4v) is 2.57. The van der Waals surface area contributed by atoms with Crippen LogP contribution in [0.5, 0.6) is 0 Å². The van der Waals surface area contributed by atoms with E-state index >= 15 is 0 Å². The number of hydrogen-bond donors (Lipinski definition) is 0. The monoisotopic (exact) mass is 177 g/mol. The molecule has 0 aromatic heterocycles. The molecule has 62 valence electrons. The molecule has 0 spiro atoms. The molecule has 1 saturated heterocycles. The van der Waals surface area contributed by atoms with Gasteiger partial charge in [0, 0.05) is 0 Å². The first-order valence-electron chi connectivity index (χ1n) is 3.29. The Morgan fingerprint density at radius 2 is 2.18 bits per heavy atom. The summed E-state index contributed by atoms with van der Waals surface area (Å²) in [5, 5.41) is 8.35. The molecule has 0 amide bonds. The molecule has 1 rings (SSSR count). The summed E-state index contributed by atoms with van der Waals surface area (Å²) in [5.74, 6) is -1.25. The zero-order valence-corrected chi connectivity index (χ0v) is 6.64. The third kappa shape index (κ3) is 1.90.